The van der Waals surface area contributed by atoms with Crippen LogP contribution in [0.25, 0.3) is 0 Å². The lowest BCUT2D eigenvalue weighted by atomic mass is 9.51. The van der Waals surface area contributed by atoms with Crippen LogP contribution >= 0.6 is 0 Å². The number of aromatic hydroxyl groups is 1. The Labute approximate surface area is 162 Å². The number of ether oxygens (including phenoxy) is 1. The van der Waals surface area contributed by atoms with Crippen LogP contribution in [0.4, 0.5) is 0 Å². The molecule has 2 bridgehead atoms. The molecule has 2 aliphatic heterocycles. The Hall–Kier alpha value is -2.09. The van der Waals surface area contributed by atoms with Gasteiger partial charge in [-0.2, -0.15) is 0 Å². The van der Waals surface area contributed by atoms with Crippen molar-refractivity contribution in [1.82, 2.24) is 4.90 Å². The quantitative estimate of drug-likeness (QED) is 0.566. The molecule has 1 unspecified atom stereocenters. The number of likely N-dealkylation sites (N-methyl/N-ethyl adjacent to an activating group) is 1. The Kier molecular flexibility index (Phi) is 3.67. The van der Waals surface area contributed by atoms with E-state index in [0.29, 0.717) is 5.75 Å². The lowest BCUT2D eigenvalue weighted by molar-refractivity contribution is -0.153. The molecule has 1 saturated heterocycles. The van der Waals surface area contributed by atoms with Crippen LogP contribution in [0.3, 0.4) is 0 Å². The summed E-state index contributed by atoms with van der Waals surface area (Å²) >= 11 is 0. The molecule has 4 N–H and O–H groups in total. The first-order valence-electron chi connectivity index (χ1n) is 9.83. The number of aliphatic carboxylic acids is 1. The van der Waals surface area contributed by atoms with Crippen LogP contribution in [-0.4, -0.2) is 68.7 Å². The van der Waals surface area contributed by atoms with E-state index in [4.69, 9.17) is 9.84 Å². The number of benzene rings is 1. The number of hydrogen-bond donors (Lipinski definition) is 4. The number of likely N-dealkylation sites (tertiary alicyclic amines) is 1. The second-order valence-electron chi connectivity index (χ2n) is 8.71. The van der Waals surface area contributed by atoms with Crippen molar-refractivity contribution in [2.24, 2.45) is 5.92 Å². The summed E-state index contributed by atoms with van der Waals surface area (Å²) in [6.45, 7) is 0.824. The topological polar surface area (TPSA) is 110 Å². The molecular weight excluding hydrogens is 362 g/mol. The van der Waals surface area contributed by atoms with E-state index in [9.17, 15) is 20.1 Å². The van der Waals surface area contributed by atoms with Gasteiger partial charge in [-0.1, -0.05) is 18.2 Å². The number of carbonyl (C=O) groups is 1. The Morgan fingerprint density at radius 1 is 1.43 bits per heavy atom. The third-order valence-electron chi connectivity index (χ3n) is 7.43. The first-order valence-corrected chi connectivity index (χ1v) is 9.83. The summed E-state index contributed by atoms with van der Waals surface area (Å²) in [5.74, 6) is -0.478. The second-order valence-corrected chi connectivity index (χ2v) is 8.71. The molecule has 4 aliphatic rings. The molecule has 5 rings (SSSR count). The highest BCUT2D eigenvalue weighted by atomic mass is 16.5. The minimum Gasteiger partial charge on any atom is -0.504 e. The molecule has 1 aromatic rings. The zero-order valence-corrected chi connectivity index (χ0v) is 15.7. The van der Waals surface area contributed by atoms with Crippen LogP contribution in [0, 0.1) is 5.92 Å². The normalized spacial score (nSPS) is 38.6. The second kappa shape index (κ2) is 5.72. The number of aliphatic hydroxyl groups excluding tert-OH is 1. The Morgan fingerprint density at radius 2 is 2.21 bits per heavy atom. The van der Waals surface area contributed by atoms with Crippen LogP contribution in [0.1, 0.15) is 30.4 Å². The zero-order valence-electron chi connectivity index (χ0n) is 15.7. The molecule has 7 heteroatoms. The molecule has 7 nitrogen and oxygen atoms in total. The molecule has 1 fully saturated rings. The highest BCUT2D eigenvalue weighted by Crippen LogP contribution is 2.64. The Balaban J connectivity index is 1.67. The average Bonchev–Trinajstić information content (AvgIpc) is 3.02. The first kappa shape index (κ1) is 18.0. The van der Waals surface area contributed by atoms with Gasteiger partial charge in [-0.3, -0.25) is 4.79 Å². The minimum absolute atomic E-state index is 0.0426. The monoisotopic (exact) mass is 387 g/mol. The predicted octanol–water partition coefficient (Wildman–Crippen LogP) is 0.794. The Morgan fingerprint density at radius 3 is 2.96 bits per heavy atom. The fourth-order valence-corrected chi connectivity index (χ4v) is 6.11. The predicted molar refractivity (Wildman–Crippen MR) is 99.4 cm³/mol. The number of nitrogens with zero attached hydrogens (tertiary/aromatic N) is 1. The molecule has 0 aromatic heterocycles. The van der Waals surface area contributed by atoms with E-state index >= 15 is 0 Å². The van der Waals surface area contributed by atoms with E-state index in [1.165, 1.54) is 0 Å². The van der Waals surface area contributed by atoms with Crippen molar-refractivity contribution in [2.75, 3.05) is 13.6 Å². The fourth-order valence-electron chi connectivity index (χ4n) is 6.11. The van der Waals surface area contributed by atoms with Gasteiger partial charge in [-0.05, 0) is 44.5 Å². The first-order chi connectivity index (χ1) is 13.3. The van der Waals surface area contributed by atoms with E-state index in [2.05, 4.69) is 11.9 Å². The van der Waals surface area contributed by atoms with E-state index < -0.39 is 29.2 Å². The van der Waals surface area contributed by atoms with Gasteiger partial charge in [0.25, 0.3) is 0 Å². The highest BCUT2D eigenvalue weighted by Gasteiger charge is 2.68. The number of rotatable bonds is 4. The molecule has 2 heterocycles. The average molecular weight is 387 g/mol. The molecule has 6 atom stereocenters. The fraction of sp³-hybridized carbons (Fsp3) is 0.571. The number of hydrogen-bond acceptors (Lipinski definition) is 6. The van der Waals surface area contributed by atoms with E-state index in [0.717, 1.165) is 30.5 Å². The third kappa shape index (κ3) is 2.07. The smallest absolute Gasteiger partial charge is 0.303 e. The maximum Gasteiger partial charge on any atom is 0.303 e. The van der Waals surface area contributed by atoms with Crippen molar-refractivity contribution in [3.8, 4) is 11.5 Å². The summed E-state index contributed by atoms with van der Waals surface area (Å²) in [4.78, 5) is 13.3. The lowest BCUT2D eigenvalue weighted by Gasteiger charge is -2.59. The molecule has 1 spiro atoms. The maximum absolute atomic E-state index is 11.5. The number of carboxylic acids is 1. The Bertz CT molecular complexity index is 884. The number of piperidine rings is 1. The van der Waals surface area contributed by atoms with Crippen molar-refractivity contribution < 1.29 is 30.0 Å². The molecule has 150 valence electrons. The summed E-state index contributed by atoms with van der Waals surface area (Å²) in [6.07, 6.45) is 2.80. The van der Waals surface area contributed by atoms with Crippen LogP contribution in [0.2, 0.25) is 0 Å². The number of aliphatic hydroxyl groups is 2. The van der Waals surface area contributed by atoms with Crippen molar-refractivity contribution >= 4 is 5.97 Å². The highest BCUT2D eigenvalue weighted by molar-refractivity contribution is 5.67. The van der Waals surface area contributed by atoms with Crippen molar-refractivity contribution in [3.05, 3.63) is 35.4 Å². The molecular formula is C21H25NO6. The van der Waals surface area contributed by atoms with Crippen molar-refractivity contribution in [2.45, 2.75) is 54.9 Å². The minimum atomic E-state index is -1.72. The molecule has 0 radical (unpaired) electrons. The van der Waals surface area contributed by atoms with E-state index in [1.807, 2.05) is 12.1 Å². The van der Waals surface area contributed by atoms with Crippen LogP contribution < -0.4 is 4.74 Å². The van der Waals surface area contributed by atoms with E-state index in [1.54, 1.807) is 12.1 Å². The summed E-state index contributed by atoms with van der Waals surface area (Å²) in [5.41, 5.74) is -0.181. The summed E-state index contributed by atoms with van der Waals surface area (Å²) in [6, 6.07) is 3.81. The third-order valence-corrected chi connectivity index (χ3v) is 7.43. The van der Waals surface area contributed by atoms with Gasteiger partial charge in [0.1, 0.15) is 11.7 Å². The van der Waals surface area contributed by atoms with Crippen LogP contribution in [0.15, 0.2) is 24.3 Å². The molecule has 28 heavy (non-hydrogen) atoms. The standard InChI is InChI=1S/C21H25NO6/c1-22-9-8-20-12-6-7-21(27,15(24)4-5-16(25)26)19(20)28-18-14(23)3-2-11(17(18)20)10-13(12)22/h2-3,6-7,12-13,15,19,23-24,27H,4-5,8-10H2,1H3,(H,25,26)/t12-,13+,15?,19+,20-,21-/m0/s1. The van der Waals surface area contributed by atoms with Crippen molar-refractivity contribution in [1.29, 1.82) is 0 Å². The molecule has 1 aromatic carbocycles. The van der Waals surface area contributed by atoms with Crippen LogP contribution in [0.5, 0.6) is 11.5 Å². The maximum atomic E-state index is 11.5. The van der Waals surface area contributed by atoms with Gasteiger partial charge in [-0.25, -0.2) is 0 Å². The number of phenols is 1. The van der Waals surface area contributed by atoms with Gasteiger partial charge in [-0.15, -0.1) is 0 Å². The number of carboxylic acid groups (broad SMARTS) is 1. The van der Waals surface area contributed by atoms with Gasteiger partial charge in [0.15, 0.2) is 11.5 Å². The van der Waals surface area contributed by atoms with Gasteiger partial charge in [0, 0.05) is 29.4 Å². The molecule has 2 aliphatic carbocycles. The SMILES string of the molecule is CN1CC[C@]23c4c5ccc(O)c4O[C@H]2[C@@](O)(C(O)CCC(=O)O)C=C[C@H]3[C@H]1C5. The summed E-state index contributed by atoms with van der Waals surface area (Å²) in [5, 5.41) is 41.8. The van der Waals surface area contributed by atoms with Gasteiger partial charge in [0.2, 0.25) is 0 Å². The number of phenolic OH excluding ortho intramolecular Hbond substituents is 1. The van der Waals surface area contributed by atoms with E-state index in [-0.39, 0.29) is 30.6 Å². The summed E-state index contributed by atoms with van der Waals surface area (Å²) < 4.78 is 6.21. The van der Waals surface area contributed by atoms with Crippen LogP contribution in [-0.2, 0) is 16.6 Å². The summed E-state index contributed by atoms with van der Waals surface area (Å²) in [7, 11) is 2.10. The zero-order chi connectivity index (χ0) is 19.8. The molecule has 0 saturated carbocycles. The van der Waals surface area contributed by atoms with Gasteiger partial charge in [0.05, 0.1) is 6.10 Å². The lowest BCUT2D eigenvalue weighted by Crippen LogP contribution is -2.70. The molecule has 0 amide bonds. The largest absolute Gasteiger partial charge is 0.504 e. The van der Waals surface area contributed by atoms with Gasteiger partial charge < -0.3 is 30.1 Å². The van der Waals surface area contributed by atoms with Crippen molar-refractivity contribution in [3.63, 3.8) is 0 Å². The van der Waals surface area contributed by atoms with Gasteiger partial charge >= 0.3 is 5.97 Å².